The highest BCUT2D eigenvalue weighted by molar-refractivity contribution is 9.10. The van der Waals surface area contributed by atoms with E-state index in [0.29, 0.717) is 17.6 Å². The third-order valence-electron chi connectivity index (χ3n) is 5.60. The highest BCUT2D eigenvalue weighted by Gasteiger charge is 2.39. The van der Waals surface area contributed by atoms with Crippen molar-refractivity contribution < 1.29 is 19.1 Å². The van der Waals surface area contributed by atoms with E-state index in [1.54, 1.807) is 0 Å². The van der Waals surface area contributed by atoms with E-state index >= 15 is 0 Å². The molecule has 1 saturated heterocycles. The number of dihydropyridines is 1. The molecule has 148 valence electrons. The van der Waals surface area contributed by atoms with Crippen LogP contribution in [-0.4, -0.2) is 31.1 Å². The Morgan fingerprint density at radius 2 is 2.18 bits per heavy atom. The summed E-state index contributed by atoms with van der Waals surface area (Å²) in [6.45, 7) is 2.86. The number of carbonyl (C=O) groups excluding carboxylic acids is 2. The number of halogens is 1. The lowest BCUT2D eigenvalue weighted by Crippen LogP contribution is -2.35. The standard InChI is InChI=1S/C22H24BrNO4/c1-13-19(22(26)28-12-16-7-4-10-27-16)20(14-5-2-6-15(23)11-14)21-17(24-13)8-3-9-18(21)25/h2,5-6,11,16,20,24H,3-4,7-10,12H2,1H3/t16-,20-/m0/s1. The Bertz CT molecular complexity index is 867. The number of hydrogen-bond donors (Lipinski definition) is 1. The zero-order valence-electron chi connectivity index (χ0n) is 15.9. The minimum Gasteiger partial charge on any atom is -0.459 e. The topological polar surface area (TPSA) is 64.6 Å². The third-order valence-corrected chi connectivity index (χ3v) is 6.10. The molecule has 4 rings (SSSR count). The fourth-order valence-corrected chi connectivity index (χ4v) is 4.71. The van der Waals surface area contributed by atoms with Crippen LogP contribution in [0.15, 0.2) is 51.3 Å². The van der Waals surface area contributed by atoms with Crippen molar-refractivity contribution in [1.82, 2.24) is 5.32 Å². The predicted octanol–water partition coefficient (Wildman–Crippen LogP) is 4.14. The van der Waals surface area contributed by atoms with E-state index in [1.807, 2.05) is 31.2 Å². The molecule has 1 fully saturated rings. The number of esters is 1. The largest absolute Gasteiger partial charge is 0.459 e. The van der Waals surface area contributed by atoms with Crippen LogP contribution in [0.5, 0.6) is 0 Å². The second-order valence-electron chi connectivity index (χ2n) is 7.55. The van der Waals surface area contributed by atoms with Gasteiger partial charge in [0.1, 0.15) is 6.61 Å². The average molecular weight is 446 g/mol. The van der Waals surface area contributed by atoms with Crippen molar-refractivity contribution in [2.45, 2.75) is 51.0 Å². The Balaban J connectivity index is 1.69. The molecule has 0 spiro atoms. The predicted molar refractivity (Wildman–Crippen MR) is 109 cm³/mol. The van der Waals surface area contributed by atoms with Crippen LogP contribution in [0.25, 0.3) is 0 Å². The van der Waals surface area contributed by atoms with E-state index < -0.39 is 5.92 Å². The Kier molecular flexibility index (Phi) is 5.69. The first-order valence-electron chi connectivity index (χ1n) is 9.83. The summed E-state index contributed by atoms with van der Waals surface area (Å²) in [6, 6.07) is 7.81. The summed E-state index contributed by atoms with van der Waals surface area (Å²) in [7, 11) is 0. The molecular formula is C22H24BrNO4. The fourth-order valence-electron chi connectivity index (χ4n) is 4.30. The van der Waals surface area contributed by atoms with Crippen LogP contribution in [0, 0.1) is 0 Å². The second-order valence-corrected chi connectivity index (χ2v) is 8.47. The monoisotopic (exact) mass is 445 g/mol. The smallest absolute Gasteiger partial charge is 0.336 e. The summed E-state index contributed by atoms with van der Waals surface area (Å²) in [5.41, 5.74) is 3.84. The van der Waals surface area contributed by atoms with Crippen molar-refractivity contribution >= 4 is 27.7 Å². The first-order chi connectivity index (χ1) is 13.5. The average Bonchev–Trinajstić information content (AvgIpc) is 3.19. The van der Waals surface area contributed by atoms with Gasteiger partial charge in [-0.05, 0) is 50.3 Å². The molecule has 1 aromatic carbocycles. The van der Waals surface area contributed by atoms with E-state index in [2.05, 4.69) is 21.2 Å². The van der Waals surface area contributed by atoms with Gasteiger partial charge in [-0.1, -0.05) is 28.1 Å². The van der Waals surface area contributed by atoms with E-state index in [-0.39, 0.29) is 24.5 Å². The molecule has 0 amide bonds. The first-order valence-corrected chi connectivity index (χ1v) is 10.6. The molecule has 0 bridgehead atoms. The molecule has 1 aliphatic carbocycles. The number of nitrogens with one attached hydrogen (secondary N) is 1. The molecule has 0 aromatic heterocycles. The van der Waals surface area contributed by atoms with E-state index in [4.69, 9.17) is 9.47 Å². The highest BCUT2D eigenvalue weighted by atomic mass is 79.9. The van der Waals surface area contributed by atoms with Gasteiger partial charge >= 0.3 is 5.97 Å². The highest BCUT2D eigenvalue weighted by Crippen LogP contribution is 2.43. The normalized spacial score (nSPS) is 24.9. The Morgan fingerprint density at radius 1 is 1.32 bits per heavy atom. The first kappa shape index (κ1) is 19.4. The van der Waals surface area contributed by atoms with Crippen LogP contribution in [-0.2, 0) is 19.1 Å². The quantitative estimate of drug-likeness (QED) is 0.705. The Morgan fingerprint density at radius 3 is 2.93 bits per heavy atom. The van der Waals surface area contributed by atoms with Gasteiger partial charge in [0.15, 0.2) is 5.78 Å². The lowest BCUT2D eigenvalue weighted by molar-refractivity contribution is -0.142. The minimum absolute atomic E-state index is 0.0307. The molecule has 3 aliphatic rings. The van der Waals surface area contributed by atoms with Crippen LogP contribution < -0.4 is 5.32 Å². The molecule has 1 aromatic rings. The number of carbonyl (C=O) groups is 2. The van der Waals surface area contributed by atoms with Gasteiger partial charge in [-0.15, -0.1) is 0 Å². The minimum atomic E-state index is -0.404. The van der Waals surface area contributed by atoms with E-state index in [9.17, 15) is 9.59 Å². The van der Waals surface area contributed by atoms with E-state index in [1.165, 1.54) is 0 Å². The number of rotatable bonds is 4. The van der Waals surface area contributed by atoms with Crippen molar-refractivity contribution in [3.05, 3.63) is 56.8 Å². The maximum Gasteiger partial charge on any atom is 0.336 e. The van der Waals surface area contributed by atoms with Gasteiger partial charge in [-0.2, -0.15) is 0 Å². The van der Waals surface area contributed by atoms with Crippen molar-refractivity contribution in [3.63, 3.8) is 0 Å². The maximum atomic E-state index is 13.1. The van der Waals surface area contributed by atoms with Crippen LogP contribution >= 0.6 is 15.9 Å². The molecule has 1 N–H and O–H groups in total. The zero-order valence-corrected chi connectivity index (χ0v) is 17.5. The fraction of sp³-hybridized carbons (Fsp3) is 0.455. The number of allylic oxidation sites excluding steroid dienone is 3. The van der Waals surface area contributed by atoms with E-state index in [0.717, 1.165) is 53.7 Å². The van der Waals surface area contributed by atoms with Crippen molar-refractivity contribution in [2.75, 3.05) is 13.2 Å². The number of ketones is 1. The van der Waals surface area contributed by atoms with Gasteiger partial charge < -0.3 is 14.8 Å². The zero-order chi connectivity index (χ0) is 19.7. The summed E-state index contributed by atoms with van der Waals surface area (Å²) >= 11 is 3.51. The molecule has 0 saturated carbocycles. The Labute approximate surface area is 173 Å². The third kappa shape index (κ3) is 3.80. The molecule has 6 heteroatoms. The van der Waals surface area contributed by atoms with Gasteiger partial charge in [0, 0.05) is 40.4 Å². The van der Waals surface area contributed by atoms with Crippen LogP contribution in [0.3, 0.4) is 0 Å². The van der Waals surface area contributed by atoms with Gasteiger partial charge in [-0.25, -0.2) is 4.79 Å². The molecule has 28 heavy (non-hydrogen) atoms. The van der Waals surface area contributed by atoms with Crippen molar-refractivity contribution in [1.29, 1.82) is 0 Å². The lowest BCUT2D eigenvalue weighted by atomic mass is 9.75. The summed E-state index contributed by atoms with van der Waals surface area (Å²) in [5, 5.41) is 3.32. The van der Waals surface area contributed by atoms with Crippen molar-refractivity contribution in [3.8, 4) is 0 Å². The second kappa shape index (κ2) is 8.21. The molecule has 2 heterocycles. The number of Topliss-reactive ketones (excluding diaryl/α,β-unsaturated/α-hetero) is 1. The molecule has 0 radical (unpaired) electrons. The molecule has 2 atom stereocenters. The van der Waals surface area contributed by atoms with Crippen LogP contribution in [0.1, 0.15) is 50.5 Å². The van der Waals surface area contributed by atoms with Gasteiger partial charge in [-0.3, -0.25) is 4.79 Å². The molecule has 0 unspecified atom stereocenters. The SMILES string of the molecule is CC1=C(C(=O)OC[C@@H]2CCCO2)[C@H](c2cccc(Br)c2)C2=C(CCCC2=O)N1. The van der Waals surface area contributed by atoms with Gasteiger partial charge in [0.05, 0.1) is 11.7 Å². The summed E-state index contributed by atoms with van der Waals surface area (Å²) in [5.74, 6) is -0.676. The summed E-state index contributed by atoms with van der Waals surface area (Å²) in [6.07, 6.45) is 4.05. The number of hydrogen-bond acceptors (Lipinski definition) is 5. The van der Waals surface area contributed by atoms with Crippen LogP contribution in [0.4, 0.5) is 0 Å². The van der Waals surface area contributed by atoms with Gasteiger partial charge in [0.2, 0.25) is 0 Å². The van der Waals surface area contributed by atoms with Crippen LogP contribution in [0.2, 0.25) is 0 Å². The van der Waals surface area contributed by atoms with Gasteiger partial charge in [0.25, 0.3) is 0 Å². The maximum absolute atomic E-state index is 13.1. The molecule has 2 aliphatic heterocycles. The summed E-state index contributed by atoms with van der Waals surface area (Å²) in [4.78, 5) is 25.9. The Hall–Kier alpha value is -1.92. The molecular weight excluding hydrogens is 422 g/mol. The number of ether oxygens (including phenoxy) is 2. The number of benzene rings is 1. The summed E-state index contributed by atoms with van der Waals surface area (Å²) < 4.78 is 12.1. The molecule has 5 nitrogen and oxygen atoms in total. The van der Waals surface area contributed by atoms with Crippen molar-refractivity contribution in [2.24, 2.45) is 0 Å². The lowest BCUT2D eigenvalue weighted by Gasteiger charge is -2.34.